The minimum Gasteiger partial charge on any atom is -0.496 e. The number of aliphatic hydroxyl groups is 3. The van der Waals surface area contributed by atoms with Crippen LogP contribution in [0.5, 0.6) is 5.75 Å². The maximum atomic E-state index is 11.9. The van der Waals surface area contributed by atoms with Gasteiger partial charge in [0.25, 0.3) is 0 Å². The third kappa shape index (κ3) is 3.92. The van der Waals surface area contributed by atoms with Gasteiger partial charge in [0.05, 0.1) is 33.4 Å². The molecule has 0 spiro atoms. The molecule has 106 valence electrons. The van der Waals surface area contributed by atoms with Gasteiger partial charge in [-0.15, -0.1) is 0 Å². The van der Waals surface area contributed by atoms with Crippen LogP contribution in [0.2, 0.25) is 0 Å². The highest BCUT2D eigenvalue weighted by Crippen LogP contribution is 2.18. The molecule has 1 rings (SSSR count). The van der Waals surface area contributed by atoms with Crippen molar-refractivity contribution in [2.45, 2.75) is 12.0 Å². The van der Waals surface area contributed by atoms with Gasteiger partial charge in [0.2, 0.25) is 5.91 Å². The number of carbonyl (C=O) groups excluding carboxylic acids is 1. The van der Waals surface area contributed by atoms with Crippen LogP contribution in [0.4, 0.5) is 0 Å². The van der Waals surface area contributed by atoms with E-state index in [0.29, 0.717) is 11.3 Å². The van der Waals surface area contributed by atoms with E-state index in [-0.39, 0.29) is 6.42 Å². The van der Waals surface area contributed by atoms with Gasteiger partial charge in [0.15, 0.2) is 0 Å². The molecule has 0 unspecified atom stereocenters. The number of para-hydroxylation sites is 1. The molecule has 0 bridgehead atoms. The lowest BCUT2D eigenvalue weighted by atomic mass is 10.0. The zero-order chi connectivity index (χ0) is 14.3. The van der Waals surface area contributed by atoms with Crippen LogP contribution in [-0.2, 0) is 11.2 Å². The molecule has 0 saturated heterocycles. The Morgan fingerprint density at radius 1 is 1.21 bits per heavy atom. The summed E-state index contributed by atoms with van der Waals surface area (Å²) in [7, 11) is 1.51. The van der Waals surface area contributed by atoms with Crippen molar-refractivity contribution < 1.29 is 24.9 Å². The molecule has 0 atom stereocenters. The fourth-order valence-corrected chi connectivity index (χ4v) is 1.63. The highest BCUT2D eigenvalue weighted by atomic mass is 16.5. The molecule has 0 aromatic heterocycles. The Bertz CT molecular complexity index is 409. The number of carbonyl (C=O) groups is 1. The van der Waals surface area contributed by atoms with E-state index in [2.05, 4.69) is 5.32 Å². The maximum Gasteiger partial charge on any atom is 0.225 e. The Kier molecular flexibility index (Phi) is 5.75. The highest BCUT2D eigenvalue weighted by molar-refractivity contribution is 5.80. The molecule has 6 nitrogen and oxygen atoms in total. The molecule has 0 aliphatic heterocycles. The second kappa shape index (κ2) is 7.08. The Hall–Kier alpha value is -1.63. The van der Waals surface area contributed by atoms with E-state index in [1.807, 2.05) is 0 Å². The van der Waals surface area contributed by atoms with Crippen LogP contribution in [0.3, 0.4) is 0 Å². The van der Waals surface area contributed by atoms with Crippen LogP contribution in [0.1, 0.15) is 5.56 Å². The first-order chi connectivity index (χ1) is 9.10. The average Bonchev–Trinajstić information content (AvgIpc) is 2.45. The zero-order valence-corrected chi connectivity index (χ0v) is 10.8. The Balaban J connectivity index is 2.74. The van der Waals surface area contributed by atoms with Gasteiger partial charge in [0.1, 0.15) is 11.3 Å². The van der Waals surface area contributed by atoms with Gasteiger partial charge in [0, 0.05) is 5.56 Å². The van der Waals surface area contributed by atoms with Crippen molar-refractivity contribution in [1.29, 1.82) is 0 Å². The highest BCUT2D eigenvalue weighted by Gasteiger charge is 2.29. The van der Waals surface area contributed by atoms with Crippen LogP contribution < -0.4 is 10.1 Å². The maximum absolute atomic E-state index is 11.9. The molecular weight excluding hydrogens is 250 g/mol. The fourth-order valence-electron chi connectivity index (χ4n) is 1.63. The van der Waals surface area contributed by atoms with E-state index in [0.717, 1.165) is 0 Å². The molecule has 0 aliphatic rings. The third-order valence-corrected chi connectivity index (χ3v) is 2.86. The molecule has 0 fully saturated rings. The van der Waals surface area contributed by atoms with Crippen molar-refractivity contribution in [3.8, 4) is 5.75 Å². The second-order valence-electron chi connectivity index (χ2n) is 4.29. The standard InChI is InChI=1S/C13H19NO5/c1-19-11-5-3-2-4-10(11)6-12(18)14-13(7-15,8-16)9-17/h2-5,15-17H,6-9H2,1H3,(H,14,18). The minimum absolute atomic E-state index is 0.0335. The smallest absolute Gasteiger partial charge is 0.225 e. The topological polar surface area (TPSA) is 99.0 Å². The zero-order valence-electron chi connectivity index (χ0n) is 10.8. The number of aliphatic hydroxyl groups excluding tert-OH is 3. The summed E-state index contributed by atoms with van der Waals surface area (Å²) < 4.78 is 5.13. The Morgan fingerprint density at radius 2 is 1.79 bits per heavy atom. The van der Waals surface area contributed by atoms with E-state index in [1.165, 1.54) is 7.11 Å². The van der Waals surface area contributed by atoms with Gasteiger partial charge < -0.3 is 25.4 Å². The first-order valence-corrected chi connectivity index (χ1v) is 5.86. The largest absolute Gasteiger partial charge is 0.496 e. The molecule has 0 aliphatic carbocycles. The summed E-state index contributed by atoms with van der Waals surface area (Å²) in [6.45, 7) is -1.63. The van der Waals surface area contributed by atoms with Crippen LogP contribution in [0, 0.1) is 0 Å². The van der Waals surface area contributed by atoms with Crippen molar-refractivity contribution in [3.05, 3.63) is 29.8 Å². The lowest BCUT2D eigenvalue weighted by molar-refractivity contribution is -0.124. The molecule has 6 heteroatoms. The van der Waals surface area contributed by atoms with E-state index < -0.39 is 31.3 Å². The fraction of sp³-hybridized carbons (Fsp3) is 0.462. The van der Waals surface area contributed by atoms with Crippen molar-refractivity contribution in [1.82, 2.24) is 5.32 Å². The molecule has 0 heterocycles. The van der Waals surface area contributed by atoms with Gasteiger partial charge in [-0.3, -0.25) is 4.79 Å². The molecule has 4 N–H and O–H groups in total. The minimum atomic E-state index is -1.40. The lowest BCUT2D eigenvalue weighted by Crippen LogP contribution is -2.57. The number of rotatable bonds is 7. The number of nitrogens with one attached hydrogen (secondary N) is 1. The normalized spacial score (nSPS) is 11.2. The molecule has 0 radical (unpaired) electrons. The number of methoxy groups -OCH3 is 1. The van der Waals surface area contributed by atoms with Gasteiger partial charge in [-0.1, -0.05) is 18.2 Å². The van der Waals surface area contributed by atoms with E-state index in [9.17, 15) is 4.79 Å². The number of ether oxygens (including phenoxy) is 1. The van der Waals surface area contributed by atoms with Crippen molar-refractivity contribution in [2.75, 3.05) is 26.9 Å². The predicted octanol–water partition coefficient (Wildman–Crippen LogP) is -0.930. The number of hydrogen-bond donors (Lipinski definition) is 4. The SMILES string of the molecule is COc1ccccc1CC(=O)NC(CO)(CO)CO. The number of hydrogen-bond acceptors (Lipinski definition) is 5. The van der Waals surface area contributed by atoms with Gasteiger partial charge >= 0.3 is 0 Å². The van der Waals surface area contributed by atoms with Crippen molar-refractivity contribution >= 4 is 5.91 Å². The molecule has 1 aromatic carbocycles. The first-order valence-electron chi connectivity index (χ1n) is 5.86. The molecule has 1 amide bonds. The van der Waals surface area contributed by atoms with E-state index in [1.54, 1.807) is 24.3 Å². The lowest BCUT2D eigenvalue weighted by Gasteiger charge is -2.28. The van der Waals surface area contributed by atoms with Crippen molar-refractivity contribution in [3.63, 3.8) is 0 Å². The molecule has 19 heavy (non-hydrogen) atoms. The van der Waals surface area contributed by atoms with E-state index in [4.69, 9.17) is 20.1 Å². The average molecular weight is 269 g/mol. The van der Waals surface area contributed by atoms with Gasteiger partial charge in [-0.05, 0) is 6.07 Å². The van der Waals surface area contributed by atoms with Crippen LogP contribution >= 0.6 is 0 Å². The van der Waals surface area contributed by atoms with E-state index >= 15 is 0 Å². The molecular formula is C13H19NO5. The second-order valence-corrected chi connectivity index (χ2v) is 4.29. The predicted molar refractivity (Wildman–Crippen MR) is 68.8 cm³/mol. The summed E-state index contributed by atoms with van der Waals surface area (Å²) in [5.41, 5.74) is -0.718. The van der Waals surface area contributed by atoms with Crippen LogP contribution in [-0.4, -0.2) is 53.7 Å². The molecule has 1 aromatic rings. The van der Waals surface area contributed by atoms with Gasteiger partial charge in [-0.25, -0.2) is 0 Å². The summed E-state index contributed by atoms with van der Waals surface area (Å²) >= 11 is 0. The molecule has 0 saturated carbocycles. The Morgan fingerprint density at radius 3 is 2.32 bits per heavy atom. The summed E-state index contributed by atoms with van der Waals surface area (Å²) in [6.07, 6.45) is 0.0335. The monoisotopic (exact) mass is 269 g/mol. The van der Waals surface area contributed by atoms with Crippen molar-refractivity contribution in [2.24, 2.45) is 0 Å². The number of amides is 1. The van der Waals surface area contributed by atoms with Crippen LogP contribution in [0.15, 0.2) is 24.3 Å². The summed E-state index contributed by atoms with van der Waals surface area (Å²) in [6, 6.07) is 7.05. The summed E-state index contributed by atoms with van der Waals surface area (Å²) in [4.78, 5) is 11.9. The third-order valence-electron chi connectivity index (χ3n) is 2.86. The Labute approximate surface area is 111 Å². The first kappa shape index (κ1) is 15.4. The van der Waals surface area contributed by atoms with Gasteiger partial charge in [-0.2, -0.15) is 0 Å². The number of benzene rings is 1. The summed E-state index contributed by atoms with van der Waals surface area (Å²) in [5, 5.41) is 29.8. The quantitative estimate of drug-likeness (QED) is 0.512. The van der Waals surface area contributed by atoms with Crippen LogP contribution in [0.25, 0.3) is 0 Å². The summed E-state index contributed by atoms with van der Waals surface area (Å²) in [5.74, 6) is 0.168.